The fourth-order valence-corrected chi connectivity index (χ4v) is 1.83. The van der Waals surface area contributed by atoms with E-state index in [2.05, 4.69) is 15.4 Å². The van der Waals surface area contributed by atoms with Crippen molar-refractivity contribution in [1.29, 1.82) is 0 Å². The molecule has 0 aromatic carbocycles. The van der Waals surface area contributed by atoms with E-state index in [1.165, 1.54) is 12.3 Å². The summed E-state index contributed by atoms with van der Waals surface area (Å²) < 4.78 is 14.6. The Balaban J connectivity index is 1.98. The normalized spacial score (nSPS) is 12.7. The molecule has 18 heavy (non-hydrogen) atoms. The first kappa shape index (κ1) is 12.7. The Hall–Kier alpha value is -1.75. The molecule has 2 aromatic heterocycles. The number of pyridine rings is 1. The van der Waals surface area contributed by atoms with Gasteiger partial charge in [0, 0.05) is 31.4 Å². The molecule has 0 radical (unpaired) electrons. The summed E-state index contributed by atoms with van der Waals surface area (Å²) >= 11 is 0. The SMILES string of the molecule is Cc1nn(C)cc1CNC(C)c1ccc(F)cn1. The topological polar surface area (TPSA) is 42.7 Å². The van der Waals surface area contributed by atoms with Gasteiger partial charge in [0.1, 0.15) is 5.82 Å². The van der Waals surface area contributed by atoms with Gasteiger partial charge < -0.3 is 5.32 Å². The lowest BCUT2D eigenvalue weighted by molar-refractivity contribution is 0.553. The van der Waals surface area contributed by atoms with Gasteiger partial charge in [-0.05, 0) is 26.0 Å². The first-order chi connectivity index (χ1) is 8.56. The maximum absolute atomic E-state index is 12.8. The van der Waals surface area contributed by atoms with Gasteiger partial charge in [-0.3, -0.25) is 9.67 Å². The summed E-state index contributed by atoms with van der Waals surface area (Å²) in [5.41, 5.74) is 3.01. The molecule has 0 aliphatic rings. The number of aromatic nitrogens is 3. The van der Waals surface area contributed by atoms with Crippen LogP contribution in [0.1, 0.15) is 29.9 Å². The third kappa shape index (κ3) is 2.92. The van der Waals surface area contributed by atoms with E-state index >= 15 is 0 Å². The Morgan fingerprint density at radius 2 is 2.22 bits per heavy atom. The van der Waals surface area contributed by atoms with Crippen molar-refractivity contribution < 1.29 is 4.39 Å². The third-order valence-electron chi connectivity index (χ3n) is 2.91. The van der Waals surface area contributed by atoms with Crippen LogP contribution in [0.4, 0.5) is 4.39 Å². The molecule has 0 aliphatic heterocycles. The molecule has 5 heteroatoms. The molecule has 4 nitrogen and oxygen atoms in total. The minimum atomic E-state index is -0.311. The summed E-state index contributed by atoms with van der Waals surface area (Å²) in [6.45, 7) is 4.71. The molecule has 1 atom stereocenters. The van der Waals surface area contributed by atoms with Crippen LogP contribution in [0.5, 0.6) is 0 Å². The Bertz CT molecular complexity index is 518. The molecule has 2 aromatic rings. The first-order valence-corrected chi connectivity index (χ1v) is 5.90. The third-order valence-corrected chi connectivity index (χ3v) is 2.91. The molecule has 0 saturated carbocycles. The van der Waals surface area contributed by atoms with Crippen LogP contribution in [0.15, 0.2) is 24.5 Å². The zero-order chi connectivity index (χ0) is 13.1. The number of hydrogen-bond acceptors (Lipinski definition) is 3. The highest BCUT2D eigenvalue weighted by Crippen LogP contribution is 2.11. The summed E-state index contributed by atoms with van der Waals surface area (Å²) in [7, 11) is 1.90. The molecule has 2 heterocycles. The van der Waals surface area contributed by atoms with Crippen molar-refractivity contribution >= 4 is 0 Å². The van der Waals surface area contributed by atoms with Gasteiger partial charge in [0.25, 0.3) is 0 Å². The minimum Gasteiger partial charge on any atom is -0.305 e. The fourth-order valence-electron chi connectivity index (χ4n) is 1.83. The van der Waals surface area contributed by atoms with E-state index in [4.69, 9.17) is 0 Å². The van der Waals surface area contributed by atoms with E-state index in [9.17, 15) is 4.39 Å². The average molecular weight is 248 g/mol. The molecule has 1 N–H and O–H groups in total. The van der Waals surface area contributed by atoms with Crippen molar-refractivity contribution in [1.82, 2.24) is 20.1 Å². The molecule has 0 saturated heterocycles. The molecular formula is C13H17FN4. The molecule has 96 valence electrons. The van der Waals surface area contributed by atoms with E-state index in [0.717, 1.165) is 23.5 Å². The lowest BCUT2D eigenvalue weighted by Gasteiger charge is -2.12. The van der Waals surface area contributed by atoms with Gasteiger partial charge in [0.15, 0.2) is 0 Å². The van der Waals surface area contributed by atoms with Crippen LogP contribution in [0.3, 0.4) is 0 Å². The predicted octanol–water partition coefficient (Wildman–Crippen LogP) is 2.11. The molecule has 2 rings (SSSR count). The highest BCUT2D eigenvalue weighted by Gasteiger charge is 2.08. The summed E-state index contributed by atoms with van der Waals surface area (Å²) in [5, 5.41) is 7.64. The molecule has 1 unspecified atom stereocenters. The van der Waals surface area contributed by atoms with Gasteiger partial charge in [-0.25, -0.2) is 4.39 Å². The predicted molar refractivity (Wildman–Crippen MR) is 67.4 cm³/mol. The van der Waals surface area contributed by atoms with E-state index in [1.54, 1.807) is 10.7 Å². The van der Waals surface area contributed by atoms with E-state index < -0.39 is 0 Å². The zero-order valence-corrected chi connectivity index (χ0v) is 10.8. The lowest BCUT2D eigenvalue weighted by Crippen LogP contribution is -2.19. The highest BCUT2D eigenvalue weighted by atomic mass is 19.1. The Morgan fingerprint density at radius 3 is 2.78 bits per heavy atom. The van der Waals surface area contributed by atoms with Crippen LogP contribution in [0.2, 0.25) is 0 Å². The highest BCUT2D eigenvalue weighted by molar-refractivity contribution is 5.16. The summed E-state index contributed by atoms with van der Waals surface area (Å²) in [6, 6.07) is 3.20. The minimum absolute atomic E-state index is 0.0743. The van der Waals surface area contributed by atoms with Gasteiger partial charge >= 0.3 is 0 Å². The van der Waals surface area contributed by atoms with Crippen molar-refractivity contribution in [2.45, 2.75) is 26.4 Å². The Labute approximate surface area is 106 Å². The van der Waals surface area contributed by atoms with Crippen LogP contribution in [0.25, 0.3) is 0 Å². The number of aryl methyl sites for hydroxylation is 2. The van der Waals surface area contributed by atoms with E-state index in [1.807, 2.05) is 27.1 Å². The van der Waals surface area contributed by atoms with Crippen LogP contribution in [-0.4, -0.2) is 14.8 Å². The molecule has 0 bridgehead atoms. The van der Waals surface area contributed by atoms with Gasteiger partial charge in [-0.1, -0.05) is 0 Å². The zero-order valence-electron chi connectivity index (χ0n) is 10.8. The lowest BCUT2D eigenvalue weighted by atomic mass is 10.2. The number of rotatable bonds is 4. The smallest absolute Gasteiger partial charge is 0.141 e. The van der Waals surface area contributed by atoms with Gasteiger partial charge in [0.2, 0.25) is 0 Å². The number of halogens is 1. The quantitative estimate of drug-likeness (QED) is 0.901. The largest absolute Gasteiger partial charge is 0.305 e. The summed E-state index contributed by atoms with van der Waals surface area (Å²) in [5.74, 6) is -0.311. The van der Waals surface area contributed by atoms with Crippen molar-refractivity contribution in [2.75, 3.05) is 0 Å². The van der Waals surface area contributed by atoms with Crippen molar-refractivity contribution in [2.24, 2.45) is 7.05 Å². The number of hydrogen-bond donors (Lipinski definition) is 1. The summed E-state index contributed by atoms with van der Waals surface area (Å²) in [6.07, 6.45) is 3.23. The van der Waals surface area contributed by atoms with Gasteiger partial charge in [0.05, 0.1) is 17.6 Å². The van der Waals surface area contributed by atoms with Crippen LogP contribution < -0.4 is 5.32 Å². The average Bonchev–Trinajstić information content (AvgIpc) is 2.66. The van der Waals surface area contributed by atoms with Crippen LogP contribution >= 0.6 is 0 Å². The monoisotopic (exact) mass is 248 g/mol. The molecule has 0 spiro atoms. The van der Waals surface area contributed by atoms with Crippen molar-refractivity contribution in [3.63, 3.8) is 0 Å². The molecular weight excluding hydrogens is 231 g/mol. The fraction of sp³-hybridized carbons (Fsp3) is 0.385. The first-order valence-electron chi connectivity index (χ1n) is 5.90. The second kappa shape index (κ2) is 5.27. The maximum atomic E-state index is 12.8. The molecule has 0 fully saturated rings. The number of nitrogens with one attached hydrogen (secondary N) is 1. The van der Waals surface area contributed by atoms with Crippen LogP contribution in [0, 0.1) is 12.7 Å². The maximum Gasteiger partial charge on any atom is 0.141 e. The Kier molecular flexibility index (Phi) is 3.72. The second-order valence-corrected chi connectivity index (χ2v) is 4.42. The second-order valence-electron chi connectivity index (χ2n) is 4.42. The van der Waals surface area contributed by atoms with Gasteiger partial charge in [-0.15, -0.1) is 0 Å². The van der Waals surface area contributed by atoms with Crippen LogP contribution in [-0.2, 0) is 13.6 Å². The number of nitrogens with zero attached hydrogens (tertiary/aromatic N) is 3. The van der Waals surface area contributed by atoms with E-state index in [0.29, 0.717) is 0 Å². The van der Waals surface area contributed by atoms with Gasteiger partial charge in [-0.2, -0.15) is 5.10 Å². The molecule has 0 aliphatic carbocycles. The van der Waals surface area contributed by atoms with Crippen molar-refractivity contribution in [3.8, 4) is 0 Å². The van der Waals surface area contributed by atoms with E-state index in [-0.39, 0.29) is 11.9 Å². The van der Waals surface area contributed by atoms with Crippen molar-refractivity contribution in [3.05, 3.63) is 47.3 Å². The standard InChI is InChI=1S/C13H17FN4/c1-9-11(8-18(3)17-9)6-15-10(2)13-5-4-12(14)7-16-13/h4-5,7-8,10,15H,6H2,1-3H3. The molecule has 0 amide bonds. The summed E-state index contributed by atoms with van der Waals surface area (Å²) in [4.78, 5) is 4.06. The Morgan fingerprint density at radius 1 is 1.44 bits per heavy atom.